The third-order valence-electron chi connectivity index (χ3n) is 7.05. The van der Waals surface area contributed by atoms with Crippen molar-refractivity contribution in [1.82, 2.24) is 5.32 Å². The molecule has 37 heavy (non-hydrogen) atoms. The number of amides is 2. The first-order valence-electron chi connectivity index (χ1n) is 12.4. The van der Waals surface area contributed by atoms with Gasteiger partial charge in [-0.05, 0) is 72.5 Å². The van der Waals surface area contributed by atoms with E-state index in [0.29, 0.717) is 39.8 Å². The summed E-state index contributed by atoms with van der Waals surface area (Å²) >= 11 is 0. The predicted molar refractivity (Wildman–Crippen MR) is 139 cm³/mol. The van der Waals surface area contributed by atoms with Gasteiger partial charge in [0, 0.05) is 29.0 Å². The highest BCUT2D eigenvalue weighted by molar-refractivity contribution is 6.12. The Morgan fingerprint density at radius 2 is 1.70 bits per heavy atom. The van der Waals surface area contributed by atoms with Crippen LogP contribution in [-0.2, 0) is 4.79 Å². The lowest BCUT2D eigenvalue weighted by Crippen LogP contribution is -2.42. The quantitative estimate of drug-likeness (QED) is 0.311. The average molecular weight is 499 g/mol. The fourth-order valence-electron chi connectivity index (χ4n) is 5.10. The van der Waals surface area contributed by atoms with Gasteiger partial charge in [-0.2, -0.15) is 0 Å². The second-order valence-corrected chi connectivity index (χ2v) is 9.40. The van der Waals surface area contributed by atoms with Crippen LogP contribution in [0.1, 0.15) is 53.3 Å². The number of Topliss-reactive ketones (excluding diaryl/α,β-unsaturated/α-hetero) is 1. The second kappa shape index (κ2) is 10.0. The summed E-state index contributed by atoms with van der Waals surface area (Å²) in [5, 5.41) is 3.63. The summed E-state index contributed by atoms with van der Waals surface area (Å²) in [5.74, 6) is -1.03. The van der Waals surface area contributed by atoms with Crippen LogP contribution in [0.4, 0.5) is 4.39 Å². The van der Waals surface area contributed by atoms with Gasteiger partial charge in [0.05, 0.1) is 11.5 Å². The molecule has 0 unspecified atom stereocenters. The molecular weight excluding hydrogens is 471 g/mol. The van der Waals surface area contributed by atoms with Gasteiger partial charge in [-0.25, -0.2) is 4.39 Å². The molecule has 6 nitrogen and oxygen atoms in total. The number of benzene rings is 3. The van der Waals surface area contributed by atoms with E-state index < -0.39 is 0 Å². The van der Waals surface area contributed by atoms with Crippen LogP contribution >= 0.6 is 0 Å². The van der Waals surface area contributed by atoms with Gasteiger partial charge in [-0.15, -0.1) is 0 Å². The lowest BCUT2D eigenvalue weighted by molar-refractivity contribution is -0.122. The SMILES string of the molecule is CCC(=O)c1c(-c2ccc(F)cc2)oc2ccc(-c3cccc(C(=O)N[C@H]4CCC[C@H]4C(N)=O)c3)cc12. The van der Waals surface area contributed by atoms with Crippen molar-refractivity contribution in [3.63, 3.8) is 0 Å². The number of rotatable bonds is 7. The van der Waals surface area contributed by atoms with Gasteiger partial charge in [0.1, 0.15) is 17.2 Å². The van der Waals surface area contributed by atoms with Crippen molar-refractivity contribution in [3.05, 3.63) is 83.7 Å². The first-order chi connectivity index (χ1) is 17.9. The standard InChI is InChI=1S/C30H27FN2O4/c1-2-25(34)27-23-16-19(11-14-26(23)37-28(27)17-9-12-21(31)13-10-17)18-5-3-6-20(15-18)30(36)33-24-8-4-7-22(24)29(32)35/h3,5-6,9-16,22,24H,2,4,7-8H2,1H3,(H2,32,35)(H,33,36)/t22-,24+/m1/s1. The van der Waals surface area contributed by atoms with Crippen molar-refractivity contribution in [1.29, 1.82) is 0 Å². The average Bonchev–Trinajstić information content (AvgIpc) is 3.53. The van der Waals surface area contributed by atoms with Gasteiger partial charge in [-0.1, -0.05) is 31.5 Å². The molecule has 3 aromatic carbocycles. The number of fused-ring (bicyclic) bond motifs is 1. The van der Waals surface area contributed by atoms with Gasteiger partial charge in [0.2, 0.25) is 5.91 Å². The highest BCUT2D eigenvalue weighted by Crippen LogP contribution is 2.37. The van der Waals surface area contributed by atoms with Crippen molar-refractivity contribution in [2.24, 2.45) is 11.7 Å². The smallest absolute Gasteiger partial charge is 0.251 e. The van der Waals surface area contributed by atoms with Crippen LogP contribution in [-0.4, -0.2) is 23.6 Å². The molecule has 0 radical (unpaired) electrons. The van der Waals surface area contributed by atoms with Gasteiger partial charge >= 0.3 is 0 Å². The molecular formula is C30H27FN2O4. The maximum absolute atomic E-state index is 13.5. The molecule has 0 aliphatic heterocycles. The number of nitrogens with two attached hydrogens (primary N) is 1. The summed E-state index contributed by atoms with van der Waals surface area (Å²) in [7, 11) is 0. The third kappa shape index (κ3) is 4.77. The number of ketones is 1. The Kier molecular flexibility index (Phi) is 6.61. The molecule has 1 aliphatic rings. The number of carbonyl (C=O) groups is 3. The van der Waals surface area contributed by atoms with Crippen LogP contribution in [0.5, 0.6) is 0 Å². The first kappa shape index (κ1) is 24.4. The summed E-state index contributed by atoms with van der Waals surface area (Å²) < 4.78 is 19.5. The van der Waals surface area contributed by atoms with Crippen molar-refractivity contribution < 1.29 is 23.2 Å². The predicted octanol–water partition coefficient (Wildman–Crippen LogP) is 5.88. The Bertz CT molecular complexity index is 1510. The van der Waals surface area contributed by atoms with E-state index in [2.05, 4.69) is 5.32 Å². The molecule has 4 aromatic rings. The minimum absolute atomic E-state index is 0.0797. The van der Waals surface area contributed by atoms with Gasteiger partial charge < -0.3 is 15.5 Å². The van der Waals surface area contributed by atoms with E-state index in [9.17, 15) is 18.8 Å². The van der Waals surface area contributed by atoms with Crippen molar-refractivity contribution in [2.75, 3.05) is 0 Å². The van der Waals surface area contributed by atoms with Crippen molar-refractivity contribution in [3.8, 4) is 22.5 Å². The van der Waals surface area contributed by atoms with E-state index >= 15 is 0 Å². The maximum Gasteiger partial charge on any atom is 0.251 e. The van der Waals surface area contributed by atoms with Gasteiger partial charge in [0.15, 0.2) is 5.78 Å². The normalized spacial score (nSPS) is 17.1. The molecule has 1 aromatic heterocycles. The minimum atomic E-state index is -0.387. The monoisotopic (exact) mass is 498 g/mol. The maximum atomic E-state index is 13.5. The lowest BCUT2D eigenvalue weighted by Gasteiger charge is -2.18. The van der Waals surface area contributed by atoms with Crippen molar-refractivity contribution in [2.45, 2.75) is 38.6 Å². The van der Waals surface area contributed by atoms with Gasteiger partial charge in [0.25, 0.3) is 5.91 Å². The second-order valence-electron chi connectivity index (χ2n) is 9.40. The van der Waals surface area contributed by atoms with Crippen LogP contribution in [0.25, 0.3) is 33.4 Å². The summed E-state index contributed by atoms with van der Waals surface area (Å²) in [4.78, 5) is 37.6. The Labute approximate surface area is 213 Å². The largest absolute Gasteiger partial charge is 0.455 e. The van der Waals surface area contributed by atoms with E-state index in [1.807, 2.05) is 18.2 Å². The summed E-state index contributed by atoms with van der Waals surface area (Å²) in [5.41, 5.74) is 9.21. The Morgan fingerprint density at radius 1 is 0.973 bits per heavy atom. The molecule has 7 heteroatoms. The zero-order valence-electron chi connectivity index (χ0n) is 20.4. The highest BCUT2D eigenvalue weighted by Gasteiger charge is 2.32. The Balaban J connectivity index is 1.50. The minimum Gasteiger partial charge on any atom is -0.455 e. The molecule has 0 spiro atoms. The van der Waals surface area contributed by atoms with Crippen LogP contribution in [0.15, 0.2) is 71.1 Å². The lowest BCUT2D eigenvalue weighted by atomic mass is 9.97. The van der Waals surface area contributed by atoms with E-state index in [4.69, 9.17) is 10.2 Å². The van der Waals surface area contributed by atoms with Crippen LogP contribution in [0, 0.1) is 11.7 Å². The zero-order chi connectivity index (χ0) is 26.1. The zero-order valence-corrected chi connectivity index (χ0v) is 20.4. The number of primary amides is 1. The number of halogens is 1. The molecule has 1 aliphatic carbocycles. The fourth-order valence-corrected chi connectivity index (χ4v) is 5.10. The highest BCUT2D eigenvalue weighted by atomic mass is 19.1. The van der Waals surface area contributed by atoms with Crippen molar-refractivity contribution >= 4 is 28.6 Å². The number of furan rings is 1. The van der Waals surface area contributed by atoms with Gasteiger partial charge in [-0.3, -0.25) is 14.4 Å². The van der Waals surface area contributed by atoms with Crippen LogP contribution in [0.3, 0.4) is 0 Å². The summed E-state index contributed by atoms with van der Waals surface area (Å²) in [6.07, 6.45) is 2.54. The van der Waals surface area contributed by atoms with Crippen LogP contribution < -0.4 is 11.1 Å². The number of carbonyl (C=O) groups excluding carboxylic acids is 3. The third-order valence-corrected chi connectivity index (χ3v) is 7.05. The summed E-state index contributed by atoms with van der Waals surface area (Å²) in [6, 6.07) is 18.3. The molecule has 1 fully saturated rings. The molecule has 2 amide bonds. The number of hydrogen-bond donors (Lipinski definition) is 2. The summed E-state index contributed by atoms with van der Waals surface area (Å²) in [6.45, 7) is 1.79. The molecule has 3 N–H and O–H groups in total. The molecule has 1 heterocycles. The molecule has 1 saturated carbocycles. The van der Waals surface area contributed by atoms with E-state index in [1.54, 1.807) is 43.3 Å². The molecule has 2 atom stereocenters. The molecule has 188 valence electrons. The molecule has 5 rings (SSSR count). The van der Waals surface area contributed by atoms with E-state index in [1.165, 1.54) is 12.1 Å². The van der Waals surface area contributed by atoms with E-state index in [-0.39, 0.29) is 41.8 Å². The van der Waals surface area contributed by atoms with Crippen LogP contribution in [0.2, 0.25) is 0 Å². The Morgan fingerprint density at radius 3 is 2.43 bits per heavy atom. The first-order valence-corrected chi connectivity index (χ1v) is 12.4. The topological polar surface area (TPSA) is 102 Å². The number of hydrogen-bond acceptors (Lipinski definition) is 4. The molecule has 0 bridgehead atoms. The number of nitrogens with one attached hydrogen (secondary N) is 1. The molecule has 0 saturated heterocycles. The Hall–Kier alpha value is -4.26. The fraction of sp³-hybridized carbons (Fsp3) is 0.233. The van der Waals surface area contributed by atoms with E-state index in [0.717, 1.165) is 24.0 Å².